The molecule has 0 saturated carbocycles. The summed E-state index contributed by atoms with van der Waals surface area (Å²) < 4.78 is 0. The molecule has 1 amide bonds. The fourth-order valence-corrected chi connectivity index (χ4v) is 1.40. The van der Waals surface area contributed by atoms with Crippen molar-refractivity contribution < 1.29 is 4.79 Å². The third-order valence-corrected chi connectivity index (χ3v) is 2.09. The van der Waals surface area contributed by atoms with Crippen molar-refractivity contribution in [3.63, 3.8) is 0 Å². The van der Waals surface area contributed by atoms with E-state index in [2.05, 4.69) is 22.8 Å². The second kappa shape index (κ2) is 4.13. The van der Waals surface area contributed by atoms with Crippen LogP contribution in [0.3, 0.4) is 0 Å². The van der Waals surface area contributed by atoms with Crippen molar-refractivity contribution in [2.75, 3.05) is 7.05 Å². The lowest BCUT2D eigenvalue weighted by Crippen LogP contribution is -2.46. The van der Waals surface area contributed by atoms with E-state index < -0.39 is 0 Å². The predicted octanol–water partition coefficient (Wildman–Crippen LogP) is 0.0390. The van der Waals surface area contributed by atoms with Gasteiger partial charge in [0, 0.05) is 12.1 Å². The van der Waals surface area contributed by atoms with Gasteiger partial charge in [-0.1, -0.05) is 12.2 Å². The van der Waals surface area contributed by atoms with E-state index in [4.69, 9.17) is 0 Å². The molecule has 1 aliphatic rings. The lowest BCUT2D eigenvalue weighted by molar-refractivity contribution is -0.110. The zero-order chi connectivity index (χ0) is 8.10. The van der Waals surface area contributed by atoms with Crippen molar-refractivity contribution in [2.45, 2.75) is 24.9 Å². The lowest BCUT2D eigenvalue weighted by atomic mass is 9.96. The molecular formula is C8H14N2O. The summed E-state index contributed by atoms with van der Waals surface area (Å²) >= 11 is 0. The van der Waals surface area contributed by atoms with Gasteiger partial charge in [0.2, 0.25) is 6.41 Å². The summed E-state index contributed by atoms with van der Waals surface area (Å²) in [4.78, 5) is 10.2. The van der Waals surface area contributed by atoms with Crippen LogP contribution >= 0.6 is 0 Å². The van der Waals surface area contributed by atoms with Crippen molar-refractivity contribution in [2.24, 2.45) is 0 Å². The molecule has 3 heteroatoms. The molecule has 11 heavy (non-hydrogen) atoms. The standard InChI is InChI=1S/C8H14N2O/c1-9-7-4-2-3-5-8(7)10-6-11/h2-3,6-9H,4-5H2,1H3,(H,10,11)/t7-,8+/m1/s1. The van der Waals surface area contributed by atoms with Crippen molar-refractivity contribution in [1.29, 1.82) is 0 Å². The van der Waals surface area contributed by atoms with Crippen LogP contribution in [0.2, 0.25) is 0 Å². The summed E-state index contributed by atoms with van der Waals surface area (Å²) in [7, 11) is 1.92. The Hall–Kier alpha value is -0.830. The van der Waals surface area contributed by atoms with E-state index in [0.29, 0.717) is 6.04 Å². The minimum absolute atomic E-state index is 0.266. The third-order valence-electron chi connectivity index (χ3n) is 2.09. The quantitative estimate of drug-likeness (QED) is 0.445. The molecule has 0 aromatic carbocycles. The number of carbonyl (C=O) groups excluding carboxylic acids is 1. The van der Waals surface area contributed by atoms with Gasteiger partial charge in [0.15, 0.2) is 0 Å². The monoisotopic (exact) mass is 154 g/mol. The average molecular weight is 154 g/mol. The van der Waals surface area contributed by atoms with Crippen LogP contribution < -0.4 is 10.6 Å². The summed E-state index contributed by atoms with van der Waals surface area (Å²) in [6.45, 7) is 0. The van der Waals surface area contributed by atoms with Gasteiger partial charge in [-0.15, -0.1) is 0 Å². The van der Waals surface area contributed by atoms with Gasteiger partial charge >= 0.3 is 0 Å². The summed E-state index contributed by atoms with van der Waals surface area (Å²) in [5, 5.41) is 5.96. The summed E-state index contributed by atoms with van der Waals surface area (Å²) in [5.74, 6) is 0. The maximum atomic E-state index is 10.2. The fraction of sp³-hybridized carbons (Fsp3) is 0.625. The summed E-state index contributed by atoms with van der Waals surface area (Å²) in [6.07, 6.45) is 6.96. The van der Waals surface area contributed by atoms with Crippen molar-refractivity contribution in [3.05, 3.63) is 12.2 Å². The van der Waals surface area contributed by atoms with Crippen LogP contribution in [-0.2, 0) is 4.79 Å². The van der Waals surface area contributed by atoms with Crippen LogP contribution in [0.1, 0.15) is 12.8 Å². The Labute approximate surface area is 66.9 Å². The van der Waals surface area contributed by atoms with E-state index in [0.717, 1.165) is 19.3 Å². The van der Waals surface area contributed by atoms with Gasteiger partial charge in [-0.2, -0.15) is 0 Å². The number of hydrogen-bond acceptors (Lipinski definition) is 2. The summed E-state index contributed by atoms with van der Waals surface area (Å²) in [6, 6.07) is 0.660. The summed E-state index contributed by atoms with van der Waals surface area (Å²) in [5.41, 5.74) is 0. The topological polar surface area (TPSA) is 41.1 Å². The number of carbonyl (C=O) groups is 1. The smallest absolute Gasteiger partial charge is 0.207 e. The first-order valence-corrected chi connectivity index (χ1v) is 3.90. The van der Waals surface area contributed by atoms with Crippen LogP contribution in [0.4, 0.5) is 0 Å². The maximum absolute atomic E-state index is 10.2. The van der Waals surface area contributed by atoms with Gasteiger partial charge in [0.05, 0.1) is 0 Å². The molecule has 0 saturated heterocycles. The highest BCUT2D eigenvalue weighted by atomic mass is 16.1. The molecule has 0 bridgehead atoms. The Morgan fingerprint density at radius 3 is 2.55 bits per heavy atom. The third kappa shape index (κ3) is 2.05. The number of hydrogen-bond donors (Lipinski definition) is 2. The molecule has 3 nitrogen and oxygen atoms in total. The molecule has 62 valence electrons. The second-order valence-electron chi connectivity index (χ2n) is 2.73. The SMILES string of the molecule is CN[C@@H]1CC=CC[C@@H]1NC=O. The Kier molecular flexibility index (Phi) is 3.11. The molecule has 0 aromatic rings. The molecule has 1 rings (SSSR count). The molecule has 0 fully saturated rings. The minimum atomic E-state index is 0.266. The van der Waals surface area contributed by atoms with Gasteiger partial charge in [-0.3, -0.25) is 4.79 Å². The first kappa shape index (κ1) is 8.27. The molecule has 0 aromatic heterocycles. The Balaban J connectivity index is 2.46. The van der Waals surface area contributed by atoms with Gasteiger partial charge in [0.25, 0.3) is 0 Å². The van der Waals surface area contributed by atoms with Crippen molar-refractivity contribution >= 4 is 6.41 Å². The zero-order valence-corrected chi connectivity index (χ0v) is 6.71. The van der Waals surface area contributed by atoms with Gasteiger partial charge in [0.1, 0.15) is 0 Å². The Morgan fingerprint density at radius 1 is 1.36 bits per heavy atom. The predicted molar refractivity (Wildman–Crippen MR) is 44.2 cm³/mol. The van der Waals surface area contributed by atoms with Crippen LogP contribution in [0.5, 0.6) is 0 Å². The molecule has 0 radical (unpaired) electrons. The van der Waals surface area contributed by atoms with Gasteiger partial charge in [-0.05, 0) is 19.9 Å². The van der Waals surface area contributed by atoms with E-state index in [1.165, 1.54) is 0 Å². The van der Waals surface area contributed by atoms with Crippen LogP contribution in [0, 0.1) is 0 Å². The first-order valence-electron chi connectivity index (χ1n) is 3.90. The highest BCUT2D eigenvalue weighted by Crippen LogP contribution is 2.10. The van der Waals surface area contributed by atoms with E-state index >= 15 is 0 Å². The second-order valence-corrected chi connectivity index (χ2v) is 2.73. The first-order chi connectivity index (χ1) is 5.38. The van der Waals surface area contributed by atoms with Crippen molar-refractivity contribution in [3.8, 4) is 0 Å². The molecule has 0 aliphatic heterocycles. The molecule has 0 heterocycles. The van der Waals surface area contributed by atoms with Crippen LogP contribution in [0.15, 0.2) is 12.2 Å². The van der Waals surface area contributed by atoms with E-state index in [9.17, 15) is 4.79 Å². The zero-order valence-electron chi connectivity index (χ0n) is 6.71. The highest BCUT2D eigenvalue weighted by molar-refractivity contribution is 5.47. The average Bonchev–Trinajstić information content (AvgIpc) is 2.06. The largest absolute Gasteiger partial charge is 0.354 e. The lowest BCUT2D eigenvalue weighted by Gasteiger charge is -2.27. The van der Waals surface area contributed by atoms with E-state index in [1.54, 1.807) is 0 Å². The van der Waals surface area contributed by atoms with Crippen LogP contribution in [0.25, 0.3) is 0 Å². The Bertz CT molecular complexity index is 156. The molecule has 0 spiro atoms. The molecular weight excluding hydrogens is 140 g/mol. The molecule has 2 atom stereocenters. The molecule has 2 N–H and O–H groups in total. The number of nitrogens with one attached hydrogen (secondary N) is 2. The van der Waals surface area contributed by atoms with Crippen LogP contribution in [-0.4, -0.2) is 25.5 Å². The molecule has 1 aliphatic carbocycles. The van der Waals surface area contributed by atoms with Gasteiger partial charge < -0.3 is 10.6 Å². The molecule has 0 unspecified atom stereocenters. The number of rotatable bonds is 3. The normalized spacial score (nSPS) is 29.9. The van der Waals surface area contributed by atoms with Crippen molar-refractivity contribution in [1.82, 2.24) is 10.6 Å². The highest BCUT2D eigenvalue weighted by Gasteiger charge is 2.19. The maximum Gasteiger partial charge on any atom is 0.207 e. The minimum Gasteiger partial charge on any atom is -0.354 e. The van der Waals surface area contributed by atoms with E-state index in [1.807, 2.05) is 7.05 Å². The number of amides is 1. The van der Waals surface area contributed by atoms with E-state index in [-0.39, 0.29) is 6.04 Å². The number of likely N-dealkylation sites (N-methyl/N-ethyl adjacent to an activating group) is 1. The Morgan fingerprint density at radius 2 is 2.00 bits per heavy atom. The van der Waals surface area contributed by atoms with Gasteiger partial charge in [-0.25, -0.2) is 0 Å². The fourth-order valence-electron chi connectivity index (χ4n) is 1.40.